The standard InChI is InChI=1S/C23H29ClNO10P/c1-14(2)32-21(29)15(3)34-36(30,35-17-8-6-5-7-9-17)31-13-18-20(28)23(4,24)22(33-18)25-11-10-16(26)12-19(25)27/h5-11,14-15,18,20,22,28H,12-13H2,1-4H3/t15-,18+,20+,22+,23+,36?/m0/s1. The first-order valence-electron chi connectivity index (χ1n) is 11.2. The van der Waals surface area contributed by atoms with Crippen LogP contribution >= 0.6 is 19.4 Å². The summed E-state index contributed by atoms with van der Waals surface area (Å²) in [4.78, 5) is 35.7. The fourth-order valence-corrected chi connectivity index (χ4v) is 5.16. The second-order valence-corrected chi connectivity index (χ2v) is 11.1. The molecule has 1 unspecified atom stereocenters. The van der Waals surface area contributed by atoms with Crippen molar-refractivity contribution in [3.8, 4) is 5.75 Å². The third-order valence-electron chi connectivity index (χ3n) is 5.33. The van der Waals surface area contributed by atoms with Gasteiger partial charge >= 0.3 is 13.8 Å². The minimum atomic E-state index is -4.46. The van der Waals surface area contributed by atoms with Gasteiger partial charge in [0.05, 0.1) is 19.1 Å². The van der Waals surface area contributed by atoms with Gasteiger partial charge < -0.3 is 19.1 Å². The van der Waals surface area contributed by atoms with Crippen molar-refractivity contribution in [2.24, 2.45) is 0 Å². The highest BCUT2D eigenvalue weighted by Gasteiger charge is 2.56. The molecule has 0 radical (unpaired) electrons. The van der Waals surface area contributed by atoms with Crippen LogP contribution in [0.2, 0.25) is 0 Å². The number of phosphoric acid groups is 1. The maximum absolute atomic E-state index is 13.5. The number of aliphatic hydroxyl groups excluding tert-OH is 1. The van der Waals surface area contributed by atoms with Gasteiger partial charge in [-0.15, -0.1) is 11.6 Å². The van der Waals surface area contributed by atoms with Gasteiger partial charge in [-0.3, -0.25) is 23.5 Å². The Morgan fingerprint density at radius 3 is 2.56 bits per heavy atom. The molecule has 1 amide bonds. The molecule has 1 saturated heterocycles. The molecule has 2 aliphatic heterocycles. The van der Waals surface area contributed by atoms with E-state index in [1.165, 1.54) is 38.3 Å². The molecule has 13 heteroatoms. The molecule has 0 spiro atoms. The van der Waals surface area contributed by atoms with E-state index in [0.29, 0.717) is 0 Å². The number of benzene rings is 1. The molecule has 0 aliphatic carbocycles. The average Bonchev–Trinajstić information content (AvgIpc) is 3.01. The number of carbonyl (C=O) groups excluding carboxylic acids is 3. The van der Waals surface area contributed by atoms with E-state index in [2.05, 4.69) is 0 Å². The highest BCUT2D eigenvalue weighted by atomic mass is 35.5. The van der Waals surface area contributed by atoms with E-state index in [-0.39, 0.29) is 18.0 Å². The van der Waals surface area contributed by atoms with Crippen molar-refractivity contribution in [3.63, 3.8) is 0 Å². The normalized spacial score (nSPS) is 28.8. The van der Waals surface area contributed by atoms with Gasteiger partial charge in [-0.1, -0.05) is 18.2 Å². The molecule has 1 aromatic rings. The quantitative estimate of drug-likeness (QED) is 0.202. The molecule has 3 rings (SSSR count). The molecule has 2 aliphatic rings. The Balaban J connectivity index is 1.76. The van der Waals surface area contributed by atoms with Crippen LogP contribution < -0.4 is 4.52 Å². The largest absolute Gasteiger partial charge is 0.530 e. The lowest BCUT2D eigenvalue weighted by molar-refractivity contribution is -0.156. The van der Waals surface area contributed by atoms with E-state index in [9.17, 15) is 24.1 Å². The number of halogens is 1. The van der Waals surface area contributed by atoms with Crippen LogP contribution in [0.4, 0.5) is 0 Å². The molecule has 1 aromatic carbocycles. The van der Waals surface area contributed by atoms with Crippen molar-refractivity contribution in [2.45, 2.75) is 69.6 Å². The van der Waals surface area contributed by atoms with Gasteiger partial charge in [0.25, 0.3) is 0 Å². The van der Waals surface area contributed by atoms with Gasteiger partial charge in [0.2, 0.25) is 5.91 Å². The number of ether oxygens (including phenoxy) is 2. The number of alkyl halides is 1. The van der Waals surface area contributed by atoms with E-state index in [4.69, 9.17) is 34.6 Å². The zero-order valence-electron chi connectivity index (χ0n) is 20.2. The third kappa shape index (κ3) is 6.73. The highest BCUT2D eigenvalue weighted by Crippen LogP contribution is 2.52. The second-order valence-electron chi connectivity index (χ2n) is 8.76. The first-order valence-corrected chi connectivity index (χ1v) is 13.1. The first-order chi connectivity index (χ1) is 16.8. The average molecular weight is 546 g/mol. The Morgan fingerprint density at radius 1 is 1.28 bits per heavy atom. The van der Waals surface area contributed by atoms with Gasteiger partial charge in [0.1, 0.15) is 22.8 Å². The van der Waals surface area contributed by atoms with Gasteiger partial charge in [-0.05, 0) is 45.9 Å². The van der Waals surface area contributed by atoms with Crippen molar-refractivity contribution in [2.75, 3.05) is 6.61 Å². The van der Waals surface area contributed by atoms with Crippen LogP contribution in [0.25, 0.3) is 0 Å². The lowest BCUT2D eigenvalue weighted by Crippen LogP contribution is -2.50. The Morgan fingerprint density at radius 2 is 1.94 bits per heavy atom. The number of nitrogens with zero attached hydrogens (tertiary/aromatic N) is 1. The molecule has 0 aromatic heterocycles. The van der Waals surface area contributed by atoms with Crippen LogP contribution in [0.5, 0.6) is 5.75 Å². The molecule has 1 N–H and O–H groups in total. The Hall–Kier alpha value is -2.27. The Bertz CT molecular complexity index is 1050. The van der Waals surface area contributed by atoms with E-state index in [1.807, 2.05) is 0 Å². The summed E-state index contributed by atoms with van der Waals surface area (Å²) >= 11 is 6.53. The number of amides is 1. The van der Waals surface area contributed by atoms with Crippen molar-refractivity contribution in [1.82, 2.24) is 4.90 Å². The lowest BCUT2D eigenvalue weighted by Gasteiger charge is -2.34. The predicted molar refractivity (Wildman–Crippen MR) is 127 cm³/mol. The van der Waals surface area contributed by atoms with Crippen LogP contribution in [0, 0.1) is 0 Å². The maximum Gasteiger partial charge on any atom is 0.530 e. The number of phosphoric ester groups is 1. The molecule has 1 fully saturated rings. The van der Waals surface area contributed by atoms with E-state index < -0.39 is 61.8 Å². The minimum Gasteiger partial charge on any atom is -0.461 e. The maximum atomic E-state index is 13.5. The number of ketones is 1. The van der Waals surface area contributed by atoms with Crippen molar-refractivity contribution in [3.05, 3.63) is 42.6 Å². The zero-order valence-corrected chi connectivity index (χ0v) is 21.9. The van der Waals surface area contributed by atoms with E-state index >= 15 is 0 Å². The van der Waals surface area contributed by atoms with Gasteiger partial charge in [0, 0.05) is 6.20 Å². The summed E-state index contributed by atoms with van der Waals surface area (Å²) in [5.74, 6) is -1.55. The summed E-state index contributed by atoms with van der Waals surface area (Å²) < 4.78 is 40.7. The van der Waals surface area contributed by atoms with Gasteiger partial charge in [-0.2, -0.15) is 0 Å². The molecule has 11 nitrogen and oxygen atoms in total. The Kier molecular flexibility index (Phi) is 8.97. The van der Waals surface area contributed by atoms with E-state index in [0.717, 1.165) is 4.90 Å². The summed E-state index contributed by atoms with van der Waals surface area (Å²) in [5, 5.41) is 10.8. The molecule has 36 heavy (non-hydrogen) atoms. The summed E-state index contributed by atoms with van der Waals surface area (Å²) in [7, 11) is -4.46. The molecule has 2 heterocycles. The van der Waals surface area contributed by atoms with Crippen molar-refractivity contribution >= 4 is 37.1 Å². The van der Waals surface area contributed by atoms with Gasteiger partial charge in [-0.25, -0.2) is 9.36 Å². The number of hydrogen-bond acceptors (Lipinski definition) is 10. The van der Waals surface area contributed by atoms with Crippen LogP contribution in [0.15, 0.2) is 42.6 Å². The molecule has 0 bridgehead atoms. The van der Waals surface area contributed by atoms with Crippen molar-refractivity contribution in [1.29, 1.82) is 0 Å². The molecular formula is C23H29ClNO10P. The summed E-state index contributed by atoms with van der Waals surface area (Å²) in [6.45, 7) is 5.57. The number of esters is 1. The molecule has 0 saturated carbocycles. The SMILES string of the molecule is CC(C)OC(=O)[C@H](C)OP(=O)(OC[C@H]1O[C@@H](N2C=CC(=O)CC2=O)[C@](C)(Cl)[C@@H]1O)Oc1ccccc1. The number of allylic oxidation sites excluding steroid dienone is 1. The summed E-state index contributed by atoms with van der Waals surface area (Å²) in [6.07, 6.45) is -3.33. The van der Waals surface area contributed by atoms with Crippen LogP contribution in [-0.4, -0.2) is 69.8 Å². The monoisotopic (exact) mass is 545 g/mol. The smallest absolute Gasteiger partial charge is 0.461 e. The number of para-hydroxylation sites is 1. The number of rotatable bonds is 10. The van der Waals surface area contributed by atoms with E-state index in [1.54, 1.807) is 32.0 Å². The third-order valence-corrected chi connectivity index (χ3v) is 7.22. The second kappa shape index (κ2) is 11.4. The number of carbonyl (C=O) groups is 3. The van der Waals surface area contributed by atoms with Gasteiger partial charge in [0.15, 0.2) is 18.1 Å². The fraction of sp³-hybridized carbons (Fsp3) is 0.522. The van der Waals surface area contributed by atoms with Crippen molar-refractivity contribution < 1.29 is 47.1 Å². The number of hydrogen-bond donors (Lipinski definition) is 1. The fourth-order valence-electron chi connectivity index (χ4n) is 3.52. The molecule has 198 valence electrons. The first kappa shape index (κ1) is 28.3. The molecule has 6 atom stereocenters. The van der Waals surface area contributed by atoms with Crippen LogP contribution in [-0.2, 0) is 37.5 Å². The summed E-state index contributed by atoms with van der Waals surface area (Å²) in [6, 6.07) is 8.02. The van der Waals surface area contributed by atoms with Crippen LogP contribution in [0.3, 0.4) is 0 Å². The lowest BCUT2D eigenvalue weighted by atomic mass is 9.99. The topological polar surface area (TPSA) is 138 Å². The Labute approximate surface area is 213 Å². The number of aliphatic hydroxyl groups is 1. The predicted octanol–water partition coefficient (Wildman–Crippen LogP) is 2.95. The minimum absolute atomic E-state index is 0.145. The highest BCUT2D eigenvalue weighted by molar-refractivity contribution is 7.49. The molecular weight excluding hydrogens is 517 g/mol. The summed E-state index contributed by atoms with van der Waals surface area (Å²) in [5.41, 5.74) is 0. The zero-order chi connectivity index (χ0) is 26.7. The van der Waals surface area contributed by atoms with Crippen LogP contribution in [0.1, 0.15) is 34.1 Å².